The summed E-state index contributed by atoms with van der Waals surface area (Å²) in [5, 5.41) is 8.53. The highest BCUT2D eigenvalue weighted by atomic mass is 16.1. The van der Waals surface area contributed by atoms with Crippen molar-refractivity contribution < 1.29 is 4.79 Å². The molecule has 0 bridgehead atoms. The van der Waals surface area contributed by atoms with E-state index in [1.54, 1.807) is 6.92 Å². The summed E-state index contributed by atoms with van der Waals surface area (Å²) in [7, 11) is 0. The van der Waals surface area contributed by atoms with Crippen LogP contribution in [-0.4, -0.2) is 11.3 Å². The normalized spacial score (nSPS) is 8.73. The standard InChI is InChI=1S/C8H6N2O/c1-6-8(3-9)2-7(5-11)4-10-6/h2,4-5H,1H3. The minimum absolute atomic E-state index is 0.437. The first-order valence-electron chi connectivity index (χ1n) is 3.10. The van der Waals surface area contributed by atoms with E-state index in [1.807, 2.05) is 6.07 Å². The van der Waals surface area contributed by atoms with Crippen molar-refractivity contribution in [1.82, 2.24) is 4.98 Å². The van der Waals surface area contributed by atoms with Crippen molar-refractivity contribution in [2.45, 2.75) is 6.92 Å². The average molecular weight is 146 g/mol. The zero-order chi connectivity index (χ0) is 8.27. The Labute approximate surface area is 64.3 Å². The fraction of sp³-hybridized carbons (Fsp3) is 0.125. The van der Waals surface area contributed by atoms with Crippen molar-refractivity contribution in [2.75, 3.05) is 0 Å². The molecule has 0 unspecified atom stereocenters. The molecule has 0 aliphatic carbocycles. The number of hydrogen-bond donors (Lipinski definition) is 0. The Morgan fingerprint density at radius 2 is 2.45 bits per heavy atom. The van der Waals surface area contributed by atoms with Crippen molar-refractivity contribution in [1.29, 1.82) is 5.26 Å². The van der Waals surface area contributed by atoms with Gasteiger partial charge in [-0.05, 0) is 13.0 Å². The molecule has 0 saturated heterocycles. The van der Waals surface area contributed by atoms with Gasteiger partial charge in [-0.3, -0.25) is 9.78 Å². The third-order valence-electron chi connectivity index (χ3n) is 1.36. The highest BCUT2D eigenvalue weighted by Gasteiger charge is 1.98. The topological polar surface area (TPSA) is 53.8 Å². The number of aromatic nitrogens is 1. The number of rotatable bonds is 1. The summed E-state index contributed by atoms with van der Waals surface area (Å²) < 4.78 is 0. The van der Waals surface area contributed by atoms with Gasteiger partial charge >= 0.3 is 0 Å². The third-order valence-corrected chi connectivity index (χ3v) is 1.36. The average Bonchev–Trinajstić information content (AvgIpc) is 2.05. The summed E-state index contributed by atoms with van der Waals surface area (Å²) in [6.07, 6.45) is 2.12. The molecule has 0 amide bonds. The van der Waals surface area contributed by atoms with Crippen LogP contribution in [0.25, 0.3) is 0 Å². The van der Waals surface area contributed by atoms with E-state index >= 15 is 0 Å². The number of nitriles is 1. The molecule has 3 nitrogen and oxygen atoms in total. The van der Waals surface area contributed by atoms with E-state index in [-0.39, 0.29) is 0 Å². The van der Waals surface area contributed by atoms with Gasteiger partial charge in [0.1, 0.15) is 6.07 Å². The number of pyridine rings is 1. The van der Waals surface area contributed by atoms with Crippen LogP contribution in [0, 0.1) is 18.3 Å². The zero-order valence-corrected chi connectivity index (χ0v) is 6.03. The predicted molar refractivity (Wildman–Crippen MR) is 39.1 cm³/mol. The molecule has 0 radical (unpaired) electrons. The van der Waals surface area contributed by atoms with Crippen LogP contribution in [0.15, 0.2) is 12.3 Å². The van der Waals surface area contributed by atoms with Gasteiger partial charge in [-0.2, -0.15) is 5.26 Å². The predicted octanol–water partition coefficient (Wildman–Crippen LogP) is 1.07. The first-order valence-corrected chi connectivity index (χ1v) is 3.10. The molecule has 11 heavy (non-hydrogen) atoms. The first kappa shape index (κ1) is 7.42. The van der Waals surface area contributed by atoms with Gasteiger partial charge in [-0.25, -0.2) is 0 Å². The second-order valence-electron chi connectivity index (χ2n) is 2.13. The summed E-state index contributed by atoms with van der Waals surface area (Å²) in [6.45, 7) is 1.73. The maximum atomic E-state index is 10.2. The SMILES string of the molecule is Cc1ncc(C=O)cc1C#N. The van der Waals surface area contributed by atoms with Crippen LogP contribution in [0.2, 0.25) is 0 Å². The number of carbonyl (C=O) groups excluding carboxylic acids is 1. The lowest BCUT2D eigenvalue weighted by Gasteiger charge is -1.94. The molecule has 3 heteroatoms. The molecule has 1 heterocycles. The molecule has 0 atom stereocenters. The number of hydrogen-bond acceptors (Lipinski definition) is 3. The highest BCUT2D eigenvalue weighted by Crippen LogP contribution is 2.04. The van der Waals surface area contributed by atoms with Crippen molar-refractivity contribution in [2.24, 2.45) is 0 Å². The second kappa shape index (κ2) is 2.93. The molecule has 1 rings (SSSR count). The Kier molecular flexibility index (Phi) is 1.98. The van der Waals surface area contributed by atoms with Crippen molar-refractivity contribution in [3.8, 4) is 6.07 Å². The maximum Gasteiger partial charge on any atom is 0.151 e. The lowest BCUT2D eigenvalue weighted by Crippen LogP contribution is -1.90. The van der Waals surface area contributed by atoms with Gasteiger partial charge in [0.25, 0.3) is 0 Å². The van der Waals surface area contributed by atoms with Crippen LogP contribution < -0.4 is 0 Å². The molecular weight excluding hydrogens is 140 g/mol. The second-order valence-corrected chi connectivity index (χ2v) is 2.13. The Morgan fingerprint density at radius 1 is 1.73 bits per heavy atom. The van der Waals surface area contributed by atoms with Gasteiger partial charge in [0.15, 0.2) is 6.29 Å². The van der Waals surface area contributed by atoms with E-state index in [1.165, 1.54) is 12.3 Å². The van der Waals surface area contributed by atoms with E-state index in [9.17, 15) is 4.79 Å². The minimum atomic E-state index is 0.437. The molecule has 0 N–H and O–H groups in total. The molecule has 0 fully saturated rings. The molecule has 1 aromatic heterocycles. The fourth-order valence-electron chi connectivity index (χ4n) is 0.727. The van der Waals surface area contributed by atoms with Crippen LogP contribution in [0.4, 0.5) is 0 Å². The van der Waals surface area contributed by atoms with Gasteiger partial charge in [0, 0.05) is 11.8 Å². The third kappa shape index (κ3) is 1.41. The number of carbonyl (C=O) groups is 1. The Bertz CT molecular complexity index is 325. The van der Waals surface area contributed by atoms with E-state index in [2.05, 4.69) is 4.98 Å². The van der Waals surface area contributed by atoms with Crippen LogP contribution in [0.1, 0.15) is 21.6 Å². The van der Waals surface area contributed by atoms with Crippen molar-refractivity contribution in [3.05, 3.63) is 29.1 Å². The maximum absolute atomic E-state index is 10.2. The monoisotopic (exact) mass is 146 g/mol. The largest absolute Gasteiger partial charge is 0.298 e. The Hall–Kier alpha value is -1.69. The van der Waals surface area contributed by atoms with Gasteiger partial charge in [-0.15, -0.1) is 0 Å². The summed E-state index contributed by atoms with van der Waals surface area (Å²) >= 11 is 0. The molecule has 0 aromatic carbocycles. The number of aldehydes is 1. The summed E-state index contributed by atoms with van der Waals surface area (Å²) in [6, 6.07) is 3.47. The molecule has 1 aromatic rings. The Balaban J connectivity index is 3.25. The lowest BCUT2D eigenvalue weighted by molar-refractivity contribution is 0.112. The van der Waals surface area contributed by atoms with Crippen LogP contribution in [0.3, 0.4) is 0 Å². The number of nitrogens with zero attached hydrogens (tertiary/aromatic N) is 2. The van der Waals surface area contributed by atoms with Crippen LogP contribution >= 0.6 is 0 Å². The lowest BCUT2D eigenvalue weighted by atomic mass is 10.2. The van der Waals surface area contributed by atoms with Crippen LogP contribution in [0.5, 0.6) is 0 Å². The molecular formula is C8H6N2O. The molecule has 0 spiro atoms. The molecule has 54 valence electrons. The molecule has 0 aliphatic heterocycles. The molecule has 0 saturated carbocycles. The van der Waals surface area contributed by atoms with E-state index in [0.29, 0.717) is 23.1 Å². The van der Waals surface area contributed by atoms with Gasteiger partial charge < -0.3 is 0 Å². The number of aryl methyl sites for hydroxylation is 1. The van der Waals surface area contributed by atoms with Gasteiger partial charge in [0.05, 0.1) is 11.3 Å². The smallest absolute Gasteiger partial charge is 0.151 e. The highest BCUT2D eigenvalue weighted by molar-refractivity contribution is 5.74. The quantitative estimate of drug-likeness (QED) is 0.557. The minimum Gasteiger partial charge on any atom is -0.298 e. The Morgan fingerprint density at radius 3 is 3.00 bits per heavy atom. The van der Waals surface area contributed by atoms with Gasteiger partial charge in [-0.1, -0.05) is 0 Å². The zero-order valence-electron chi connectivity index (χ0n) is 6.03. The molecule has 0 aliphatic rings. The first-order chi connectivity index (χ1) is 5.27. The summed E-state index contributed by atoms with van der Waals surface area (Å²) in [5.41, 5.74) is 1.54. The van der Waals surface area contributed by atoms with E-state index in [4.69, 9.17) is 5.26 Å². The van der Waals surface area contributed by atoms with Crippen molar-refractivity contribution >= 4 is 6.29 Å². The summed E-state index contributed by atoms with van der Waals surface area (Å²) in [5.74, 6) is 0. The van der Waals surface area contributed by atoms with Gasteiger partial charge in [0.2, 0.25) is 0 Å². The van der Waals surface area contributed by atoms with Crippen LogP contribution in [-0.2, 0) is 0 Å². The van der Waals surface area contributed by atoms with E-state index in [0.717, 1.165) is 0 Å². The fourth-order valence-corrected chi connectivity index (χ4v) is 0.727. The van der Waals surface area contributed by atoms with Crippen molar-refractivity contribution in [3.63, 3.8) is 0 Å². The van der Waals surface area contributed by atoms with E-state index < -0.39 is 0 Å². The summed E-state index contributed by atoms with van der Waals surface area (Å²) in [4.78, 5) is 14.1.